The van der Waals surface area contributed by atoms with E-state index in [2.05, 4.69) is 18.7 Å². The van der Waals surface area contributed by atoms with Gasteiger partial charge < -0.3 is 29.3 Å². The number of likely N-dealkylation sites (tertiary alicyclic amines) is 1. The van der Waals surface area contributed by atoms with Gasteiger partial charge in [-0.25, -0.2) is 0 Å². The fourth-order valence-corrected chi connectivity index (χ4v) is 6.96. The predicted octanol–water partition coefficient (Wildman–Crippen LogP) is 3.07. The van der Waals surface area contributed by atoms with Crippen molar-refractivity contribution in [2.75, 3.05) is 42.6 Å². The Kier molecular flexibility index (Phi) is 7.81. The van der Waals surface area contributed by atoms with Crippen LogP contribution in [-0.2, 0) is 23.9 Å². The summed E-state index contributed by atoms with van der Waals surface area (Å²) in [6, 6.07) is 6.13. The third-order valence-electron chi connectivity index (χ3n) is 8.97. The minimum Gasteiger partial charge on any atom is -0.465 e. The van der Waals surface area contributed by atoms with Gasteiger partial charge in [-0.2, -0.15) is 0 Å². The zero-order chi connectivity index (χ0) is 28.7. The fourth-order valence-electron chi connectivity index (χ4n) is 6.96. The molecule has 5 rings (SSSR count). The number of allylic oxidation sites excluding steroid dienone is 1. The summed E-state index contributed by atoms with van der Waals surface area (Å²) in [6.07, 6.45) is 9.96. The van der Waals surface area contributed by atoms with Crippen LogP contribution in [0.25, 0.3) is 0 Å². The van der Waals surface area contributed by atoms with Crippen LogP contribution in [-0.4, -0.2) is 83.9 Å². The fraction of sp³-hybridized carbons (Fsp3) is 0.581. The molecule has 2 saturated heterocycles. The van der Waals surface area contributed by atoms with E-state index in [-0.39, 0.29) is 31.6 Å². The second-order valence-electron chi connectivity index (χ2n) is 11.4. The van der Waals surface area contributed by atoms with Crippen molar-refractivity contribution in [3.05, 3.63) is 48.6 Å². The molecular formula is C31H41N3O6. The number of aliphatic hydroxyl groups excluding tert-OH is 1. The first kappa shape index (κ1) is 28.4. The summed E-state index contributed by atoms with van der Waals surface area (Å²) in [5, 5.41) is 10.1. The van der Waals surface area contributed by atoms with E-state index in [9.17, 15) is 19.5 Å². The molecule has 1 spiro atoms. The average molecular weight is 552 g/mol. The highest BCUT2D eigenvalue weighted by atomic mass is 16.6. The number of hydrogen-bond acceptors (Lipinski definition) is 7. The summed E-state index contributed by atoms with van der Waals surface area (Å²) in [7, 11) is 0. The van der Waals surface area contributed by atoms with Crippen LogP contribution in [0.3, 0.4) is 0 Å². The highest BCUT2D eigenvalue weighted by Crippen LogP contribution is 2.57. The van der Waals surface area contributed by atoms with Crippen molar-refractivity contribution in [1.82, 2.24) is 4.90 Å². The van der Waals surface area contributed by atoms with Gasteiger partial charge in [0.1, 0.15) is 17.6 Å². The molecule has 4 heterocycles. The molecule has 6 atom stereocenters. The lowest BCUT2D eigenvalue weighted by molar-refractivity contribution is -0.159. The zero-order valence-electron chi connectivity index (χ0n) is 23.9. The molecule has 1 N–H and O–H groups in total. The van der Waals surface area contributed by atoms with Crippen molar-refractivity contribution in [3.8, 4) is 0 Å². The van der Waals surface area contributed by atoms with E-state index < -0.39 is 41.1 Å². The number of cyclic esters (lactones) is 1. The van der Waals surface area contributed by atoms with Crippen LogP contribution in [0.5, 0.6) is 0 Å². The minimum absolute atomic E-state index is 0.277. The Labute approximate surface area is 236 Å². The topological polar surface area (TPSA) is 99.6 Å². The van der Waals surface area contributed by atoms with E-state index in [1.807, 2.05) is 48.6 Å². The third kappa shape index (κ3) is 4.43. The number of carbonyl (C=O) groups excluding carboxylic acids is 3. The van der Waals surface area contributed by atoms with Crippen molar-refractivity contribution in [2.24, 2.45) is 11.8 Å². The Balaban J connectivity index is 1.59. The number of esters is 1. The van der Waals surface area contributed by atoms with Gasteiger partial charge in [0, 0.05) is 31.0 Å². The minimum atomic E-state index is -1.38. The molecule has 0 radical (unpaired) electrons. The van der Waals surface area contributed by atoms with Crippen LogP contribution in [0.1, 0.15) is 47.0 Å². The first-order valence-electron chi connectivity index (χ1n) is 14.5. The molecule has 2 fully saturated rings. The number of ether oxygens (including phenoxy) is 2. The van der Waals surface area contributed by atoms with Crippen LogP contribution >= 0.6 is 0 Å². The van der Waals surface area contributed by atoms with Crippen LogP contribution in [0.2, 0.25) is 0 Å². The Hall–Kier alpha value is -3.17. The molecule has 0 saturated carbocycles. The SMILES string of the molecule is CCN(CC)c1ccc(N2CC=C[C@]34O[C@@]5(C)/C=C\CCCCOC(=O)[C@H]5[C@H]3C(=O)N([C@H](C)CO)C4C2=O)cc1. The number of anilines is 2. The average Bonchev–Trinajstić information content (AvgIpc) is 3.29. The Morgan fingerprint density at radius 2 is 1.75 bits per heavy atom. The number of carbonyl (C=O) groups is 3. The van der Waals surface area contributed by atoms with Crippen molar-refractivity contribution in [3.63, 3.8) is 0 Å². The number of nitrogens with zero attached hydrogens (tertiary/aromatic N) is 3. The molecule has 4 aliphatic rings. The quantitative estimate of drug-likeness (QED) is 0.429. The number of fused-ring (bicyclic) bond motifs is 2. The third-order valence-corrected chi connectivity index (χ3v) is 8.97. The highest BCUT2D eigenvalue weighted by Gasteiger charge is 2.75. The Morgan fingerprint density at radius 3 is 2.42 bits per heavy atom. The summed E-state index contributed by atoms with van der Waals surface area (Å²) in [5.74, 6) is -3.06. The molecule has 9 nitrogen and oxygen atoms in total. The second-order valence-corrected chi connectivity index (χ2v) is 11.4. The van der Waals surface area contributed by atoms with Gasteiger partial charge in [-0.15, -0.1) is 0 Å². The molecule has 1 unspecified atom stereocenters. The highest BCUT2D eigenvalue weighted by molar-refractivity contribution is 6.05. The summed E-state index contributed by atoms with van der Waals surface area (Å²) < 4.78 is 12.5. The number of benzene rings is 1. The number of aliphatic hydroxyl groups is 1. The van der Waals surface area contributed by atoms with Crippen LogP contribution in [0.15, 0.2) is 48.6 Å². The van der Waals surface area contributed by atoms with E-state index in [1.54, 1.807) is 18.7 Å². The molecule has 0 aromatic heterocycles. The molecule has 1 aromatic carbocycles. The Bertz CT molecular complexity index is 1190. The van der Waals surface area contributed by atoms with E-state index in [1.165, 1.54) is 4.90 Å². The van der Waals surface area contributed by atoms with Crippen LogP contribution < -0.4 is 9.80 Å². The second kappa shape index (κ2) is 11.0. The van der Waals surface area contributed by atoms with E-state index in [4.69, 9.17) is 9.47 Å². The lowest BCUT2D eigenvalue weighted by Crippen LogP contribution is -2.58. The molecule has 9 heteroatoms. The van der Waals surface area contributed by atoms with Crippen LogP contribution in [0, 0.1) is 11.8 Å². The summed E-state index contributed by atoms with van der Waals surface area (Å²) >= 11 is 0. The maximum atomic E-state index is 14.5. The molecule has 0 aliphatic carbocycles. The van der Waals surface area contributed by atoms with Gasteiger partial charge in [-0.3, -0.25) is 14.4 Å². The standard InChI is InChI=1S/C31H41N3O6/c1-5-32(6-2)22-12-14-23(15-13-22)33-18-11-17-31-24(27(36)34(21(3)20-35)26(31)28(33)37)25-29(38)39-19-10-8-7-9-16-30(25,4)40-31/h9,11-17,21,24-26,35H,5-8,10,18-20H2,1-4H3/b16-9-/t21-,24+,25-,26?,30+,31+/m1/s1. The predicted molar refractivity (Wildman–Crippen MR) is 152 cm³/mol. The van der Waals surface area contributed by atoms with Gasteiger partial charge in [0.15, 0.2) is 0 Å². The van der Waals surface area contributed by atoms with E-state index in [0.717, 1.165) is 38.0 Å². The van der Waals surface area contributed by atoms with Gasteiger partial charge in [0.05, 0.1) is 30.8 Å². The lowest BCUT2D eigenvalue weighted by Gasteiger charge is -2.39. The Morgan fingerprint density at radius 1 is 1.02 bits per heavy atom. The number of amides is 2. The summed E-state index contributed by atoms with van der Waals surface area (Å²) in [5.41, 5.74) is -0.746. The van der Waals surface area contributed by atoms with Crippen molar-refractivity contribution in [2.45, 2.75) is 70.2 Å². The molecule has 2 amide bonds. The summed E-state index contributed by atoms with van der Waals surface area (Å²) in [6.45, 7) is 9.70. The first-order chi connectivity index (χ1) is 19.2. The lowest BCUT2D eigenvalue weighted by atomic mass is 9.74. The molecule has 40 heavy (non-hydrogen) atoms. The van der Waals surface area contributed by atoms with E-state index in [0.29, 0.717) is 5.69 Å². The number of rotatable bonds is 6. The van der Waals surface area contributed by atoms with Gasteiger partial charge >= 0.3 is 5.97 Å². The largest absolute Gasteiger partial charge is 0.465 e. The molecular weight excluding hydrogens is 510 g/mol. The molecule has 1 aromatic rings. The normalized spacial score (nSPS) is 33.5. The van der Waals surface area contributed by atoms with E-state index >= 15 is 0 Å². The molecule has 4 aliphatic heterocycles. The molecule has 216 valence electrons. The van der Waals surface area contributed by atoms with Gasteiger partial charge in [-0.1, -0.05) is 24.3 Å². The van der Waals surface area contributed by atoms with Gasteiger partial charge in [0.2, 0.25) is 5.91 Å². The zero-order valence-corrected chi connectivity index (χ0v) is 23.9. The number of hydrogen-bond donors (Lipinski definition) is 1. The first-order valence-corrected chi connectivity index (χ1v) is 14.5. The monoisotopic (exact) mass is 551 g/mol. The van der Waals surface area contributed by atoms with Crippen LogP contribution in [0.4, 0.5) is 11.4 Å². The van der Waals surface area contributed by atoms with Crippen molar-refractivity contribution < 1.29 is 29.0 Å². The smallest absolute Gasteiger partial charge is 0.313 e. The maximum absolute atomic E-state index is 14.5. The molecule has 0 bridgehead atoms. The van der Waals surface area contributed by atoms with Crippen molar-refractivity contribution in [1.29, 1.82) is 0 Å². The van der Waals surface area contributed by atoms with Crippen molar-refractivity contribution >= 4 is 29.2 Å². The van der Waals surface area contributed by atoms with Gasteiger partial charge in [0.25, 0.3) is 5.91 Å². The van der Waals surface area contributed by atoms with Gasteiger partial charge in [-0.05, 0) is 71.2 Å². The summed E-state index contributed by atoms with van der Waals surface area (Å²) in [4.78, 5) is 47.6. The maximum Gasteiger partial charge on any atom is 0.313 e.